The number of carbonyl (C=O) groups excluding carboxylic acids is 2. The lowest BCUT2D eigenvalue weighted by molar-refractivity contribution is -0.134. The third kappa shape index (κ3) is 6.10. The molecule has 4 rings (SSSR count). The van der Waals surface area contributed by atoms with Crippen molar-refractivity contribution in [1.82, 2.24) is 15.5 Å². The van der Waals surface area contributed by atoms with Gasteiger partial charge in [0.15, 0.2) is 6.29 Å². The minimum Gasteiger partial charge on any atom is -0.381 e. The van der Waals surface area contributed by atoms with Crippen molar-refractivity contribution in [2.75, 3.05) is 11.9 Å². The summed E-state index contributed by atoms with van der Waals surface area (Å²) >= 11 is 1.54. The van der Waals surface area contributed by atoms with E-state index < -0.39 is 12.3 Å². The van der Waals surface area contributed by atoms with Crippen LogP contribution in [0.15, 0.2) is 58.9 Å². The highest BCUT2D eigenvalue weighted by Crippen LogP contribution is 2.30. The molecule has 0 aromatic carbocycles. The molecule has 1 aromatic heterocycles. The van der Waals surface area contributed by atoms with E-state index in [0.717, 1.165) is 41.1 Å². The standard InChI is InChI=1S/C26H34N6O2S/c1-3-21(28-13-7-10-18-8-5-4-6-9-18)25(34)32-17(2)11-12-22(32)23(33)29-16-20-14-19-15-30-26(27)31-24(19)35-20/h3,5,8-9,14-15,22,26,28,31H,2,4,6-7,10-13,16,27H2,1H3,(H,29,33)/b21-3+. The van der Waals surface area contributed by atoms with E-state index >= 15 is 0 Å². The normalized spacial score (nSPS) is 21.4. The van der Waals surface area contributed by atoms with Crippen molar-refractivity contribution in [3.8, 4) is 0 Å². The van der Waals surface area contributed by atoms with Crippen molar-refractivity contribution in [3.63, 3.8) is 0 Å². The Morgan fingerprint density at radius 2 is 2.23 bits per heavy atom. The van der Waals surface area contributed by atoms with Crippen molar-refractivity contribution in [1.29, 1.82) is 0 Å². The van der Waals surface area contributed by atoms with Crippen molar-refractivity contribution in [2.45, 2.75) is 64.3 Å². The highest BCUT2D eigenvalue weighted by Gasteiger charge is 2.37. The molecule has 0 bridgehead atoms. The molecule has 1 saturated heterocycles. The molecule has 1 fully saturated rings. The summed E-state index contributed by atoms with van der Waals surface area (Å²) in [6.07, 6.45) is 15.1. The van der Waals surface area contributed by atoms with Crippen molar-refractivity contribution in [2.24, 2.45) is 10.7 Å². The van der Waals surface area contributed by atoms with Gasteiger partial charge in [0.25, 0.3) is 5.91 Å². The molecule has 186 valence electrons. The van der Waals surface area contributed by atoms with E-state index in [0.29, 0.717) is 37.3 Å². The second kappa shape index (κ2) is 11.5. The van der Waals surface area contributed by atoms with Crippen LogP contribution in [0.1, 0.15) is 55.9 Å². The van der Waals surface area contributed by atoms with Crippen LogP contribution in [-0.4, -0.2) is 41.8 Å². The molecule has 2 atom stereocenters. The number of allylic oxidation sites excluding steroid dienone is 6. The predicted octanol–water partition coefficient (Wildman–Crippen LogP) is 3.51. The third-order valence-electron chi connectivity index (χ3n) is 6.33. The number of nitrogens with two attached hydrogens (primary N) is 1. The second-order valence-electron chi connectivity index (χ2n) is 8.87. The Morgan fingerprint density at radius 3 is 3.00 bits per heavy atom. The Morgan fingerprint density at radius 1 is 1.37 bits per heavy atom. The Bertz CT molecular complexity index is 1100. The molecule has 2 aliphatic heterocycles. The topological polar surface area (TPSA) is 112 Å². The fourth-order valence-electron chi connectivity index (χ4n) is 4.48. The van der Waals surface area contributed by atoms with Gasteiger partial charge in [-0.05, 0) is 51.5 Å². The van der Waals surface area contributed by atoms with Gasteiger partial charge in [0, 0.05) is 28.9 Å². The second-order valence-corrected chi connectivity index (χ2v) is 10.0. The van der Waals surface area contributed by atoms with E-state index in [4.69, 9.17) is 5.73 Å². The first-order chi connectivity index (χ1) is 17.0. The van der Waals surface area contributed by atoms with Gasteiger partial charge in [-0.1, -0.05) is 36.5 Å². The quantitative estimate of drug-likeness (QED) is 0.310. The van der Waals surface area contributed by atoms with E-state index in [9.17, 15) is 9.59 Å². The molecule has 3 aliphatic rings. The molecular formula is C26H34N6O2S. The monoisotopic (exact) mass is 494 g/mol. The zero-order valence-corrected chi connectivity index (χ0v) is 21.0. The summed E-state index contributed by atoms with van der Waals surface area (Å²) in [5.41, 5.74) is 9.30. The molecule has 5 N–H and O–H groups in total. The Kier molecular flexibility index (Phi) is 8.20. The van der Waals surface area contributed by atoms with Gasteiger partial charge in [0.05, 0.1) is 12.2 Å². The van der Waals surface area contributed by atoms with Crippen molar-refractivity contribution >= 4 is 34.4 Å². The van der Waals surface area contributed by atoms with Gasteiger partial charge in [-0.25, -0.2) is 0 Å². The van der Waals surface area contributed by atoms with Crippen LogP contribution in [0.25, 0.3) is 0 Å². The first-order valence-corrected chi connectivity index (χ1v) is 13.0. The SMILES string of the molecule is C=C1CCC(C(=O)NCc2cc3c(s2)NC(N)N=C3)N1C(=O)/C(=C\C)NCCCC1=CCCC=C1. The number of likely N-dealkylation sites (tertiary alicyclic amines) is 1. The predicted molar refractivity (Wildman–Crippen MR) is 142 cm³/mol. The molecule has 9 heteroatoms. The molecule has 1 aromatic rings. The minimum atomic E-state index is -0.563. The summed E-state index contributed by atoms with van der Waals surface area (Å²) in [7, 11) is 0. The van der Waals surface area contributed by atoms with Gasteiger partial charge in [-0.3, -0.25) is 25.2 Å². The minimum absolute atomic E-state index is 0.173. The average molecular weight is 495 g/mol. The van der Waals surface area contributed by atoms with Crippen LogP contribution in [0.2, 0.25) is 0 Å². The summed E-state index contributed by atoms with van der Waals surface area (Å²) in [5, 5.41) is 10.3. The first kappa shape index (κ1) is 24.9. The zero-order chi connectivity index (χ0) is 24.8. The third-order valence-corrected chi connectivity index (χ3v) is 7.41. The fourth-order valence-corrected chi connectivity index (χ4v) is 5.49. The molecule has 0 radical (unpaired) electrons. The van der Waals surface area contributed by atoms with Crippen LogP contribution in [-0.2, 0) is 16.1 Å². The van der Waals surface area contributed by atoms with Crippen molar-refractivity contribution < 1.29 is 9.59 Å². The zero-order valence-electron chi connectivity index (χ0n) is 20.2. The number of fused-ring (bicyclic) bond motifs is 1. The average Bonchev–Trinajstić information content (AvgIpc) is 3.45. The van der Waals surface area contributed by atoms with Gasteiger partial charge in [0.2, 0.25) is 5.91 Å². The molecule has 8 nitrogen and oxygen atoms in total. The van der Waals surface area contributed by atoms with Crippen LogP contribution in [0.5, 0.6) is 0 Å². The number of anilines is 1. The van der Waals surface area contributed by atoms with Crippen LogP contribution in [0.4, 0.5) is 5.00 Å². The number of aliphatic imine (C=N–C) groups is 1. The number of thiophene rings is 1. The molecule has 0 spiro atoms. The van der Waals surface area contributed by atoms with E-state index in [1.165, 1.54) is 16.9 Å². The largest absolute Gasteiger partial charge is 0.381 e. The maximum absolute atomic E-state index is 13.3. The molecule has 35 heavy (non-hydrogen) atoms. The Balaban J connectivity index is 1.31. The maximum atomic E-state index is 13.3. The smallest absolute Gasteiger partial charge is 0.274 e. The maximum Gasteiger partial charge on any atom is 0.274 e. The number of carbonyl (C=O) groups is 2. The molecule has 2 unspecified atom stereocenters. The lowest BCUT2D eigenvalue weighted by atomic mass is 10.0. The summed E-state index contributed by atoms with van der Waals surface area (Å²) in [5.74, 6) is -0.374. The number of hydrogen-bond acceptors (Lipinski definition) is 7. The summed E-state index contributed by atoms with van der Waals surface area (Å²) < 4.78 is 0. The van der Waals surface area contributed by atoms with E-state index in [2.05, 4.69) is 45.7 Å². The molecule has 3 heterocycles. The molecule has 1 aliphatic carbocycles. The Labute approximate surface area is 210 Å². The highest BCUT2D eigenvalue weighted by atomic mass is 32.1. The number of nitrogens with zero attached hydrogens (tertiary/aromatic N) is 2. The van der Waals surface area contributed by atoms with Gasteiger partial charge in [-0.15, -0.1) is 11.3 Å². The number of nitrogens with one attached hydrogen (secondary N) is 3. The number of hydrogen-bond donors (Lipinski definition) is 4. The summed E-state index contributed by atoms with van der Waals surface area (Å²) in [6, 6.07) is 1.42. The lowest BCUT2D eigenvalue weighted by Gasteiger charge is -2.26. The lowest BCUT2D eigenvalue weighted by Crippen LogP contribution is -2.46. The van der Waals surface area contributed by atoms with Crippen LogP contribution in [0.3, 0.4) is 0 Å². The van der Waals surface area contributed by atoms with Crippen molar-refractivity contribution in [3.05, 3.63) is 64.4 Å². The van der Waals surface area contributed by atoms with Crippen LogP contribution in [0, 0.1) is 0 Å². The summed E-state index contributed by atoms with van der Waals surface area (Å²) in [6.45, 7) is 6.96. The summed E-state index contributed by atoms with van der Waals surface area (Å²) in [4.78, 5) is 33.1. The molecule has 2 amide bonds. The highest BCUT2D eigenvalue weighted by molar-refractivity contribution is 7.16. The van der Waals surface area contributed by atoms with E-state index in [-0.39, 0.29) is 11.8 Å². The van der Waals surface area contributed by atoms with Crippen LogP contribution < -0.4 is 21.7 Å². The molecule has 0 saturated carbocycles. The first-order valence-electron chi connectivity index (χ1n) is 12.2. The van der Waals surface area contributed by atoms with E-state index in [1.807, 2.05) is 13.0 Å². The fraction of sp³-hybridized carbons (Fsp3) is 0.423. The van der Waals surface area contributed by atoms with Gasteiger partial charge in [-0.2, -0.15) is 0 Å². The van der Waals surface area contributed by atoms with Crippen LogP contribution >= 0.6 is 11.3 Å². The Hall–Kier alpha value is -3.17. The van der Waals surface area contributed by atoms with Gasteiger partial charge < -0.3 is 16.0 Å². The van der Waals surface area contributed by atoms with Gasteiger partial charge in [0.1, 0.15) is 11.0 Å². The molecular weight excluding hydrogens is 460 g/mol. The van der Waals surface area contributed by atoms with E-state index in [1.54, 1.807) is 17.2 Å². The van der Waals surface area contributed by atoms with Gasteiger partial charge >= 0.3 is 0 Å². The number of rotatable bonds is 9. The number of amides is 2.